The summed E-state index contributed by atoms with van der Waals surface area (Å²) in [7, 11) is 0. The van der Waals surface area contributed by atoms with Gasteiger partial charge in [-0.25, -0.2) is 0 Å². The van der Waals surface area contributed by atoms with Crippen molar-refractivity contribution in [2.45, 2.75) is 39.3 Å². The third-order valence-electron chi connectivity index (χ3n) is 3.37. The molecule has 0 aromatic heterocycles. The molecule has 1 aliphatic rings. The van der Waals surface area contributed by atoms with Crippen molar-refractivity contribution >= 4 is 0 Å². The van der Waals surface area contributed by atoms with E-state index in [1.54, 1.807) is 0 Å². The van der Waals surface area contributed by atoms with E-state index >= 15 is 0 Å². The molecule has 0 aliphatic carbocycles. The Balaban J connectivity index is 2.47. The zero-order valence-electron chi connectivity index (χ0n) is 9.70. The van der Waals surface area contributed by atoms with Gasteiger partial charge in [0, 0.05) is 25.2 Å². The first kappa shape index (κ1) is 12.0. The molecule has 2 N–H and O–H groups in total. The van der Waals surface area contributed by atoms with Crippen LogP contribution in [0.4, 0.5) is 0 Å². The van der Waals surface area contributed by atoms with E-state index in [2.05, 4.69) is 25.7 Å². The highest BCUT2D eigenvalue weighted by molar-refractivity contribution is 4.78. The lowest BCUT2D eigenvalue weighted by Gasteiger charge is -2.32. The van der Waals surface area contributed by atoms with Crippen LogP contribution in [0.15, 0.2) is 0 Å². The third kappa shape index (κ3) is 3.23. The van der Waals surface area contributed by atoms with Crippen LogP contribution in [0.1, 0.15) is 27.2 Å². The van der Waals surface area contributed by atoms with E-state index in [0.29, 0.717) is 12.6 Å². The fourth-order valence-corrected chi connectivity index (χ4v) is 1.93. The average Bonchev–Trinajstić information content (AvgIpc) is 2.40. The molecule has 0 amide bonds. The van der Waals surface area contributed by atoms with Crippen molar-refractivity contribution < 1.29 is 4.74 Å². The minimum Gasteiger partial charge on any atom is -0.378 e. The highest BCUT2D eigenvalue weighted by Crippen LogP contribution is 2.15. The number of hydrogen-bond acceptors (Lipinski definition) is 3. The molecule has 1 rings (SSSR count). The maximum absolute atomic E-state index is 5.94. The third-order valence-corrected chi connectivity index (χ3v) is 3.37. The van der Waals surface area contributed by atoms with Crippen molar-refractivity contribution in [3.05, 3.63) is 0 Å². The molecule has 3 atom stereocenters. The highest BCUT2D eigenvalue weighted by Gasteiger charge is 2.22. The van der Waals surface area contributed by atoms with Crippen molar-refractivity contribution in [1.82, 2.24) is 4.90 Å². The average molecular weight is 200 g/mol. The second-order valence-corrected chi connectivity index (χ2v) is 4.46. The Labute approximate surface area is 87.6 Å². The first-order valence-corrected chi connectivity index (χ1v) is 5.72. The molecule has 0 aromatic carbocycles. The van der Waals surface area contributed by atoms with Crippen LogP contribution in [0.2, 0.25) is 0 Å². The van der Waals surface area contributed by atoms with E-state index in [9.17, 15) is 0 Å². The molecule has 0 spiro atoms. The van der Waals surface area contributed by atoms with Crippen molar-refractivity contribution in [2.75, 3.05) is 26.3 Å². The van der Waals surface area contributed by atoms with E-state index < -0.39 is 0 Å². The van der Waals surface area contributed by atoms with Gasteiger partial charge in [-0.2, -0.15) is 0 Å². The molecular weight excluding hydrogens is 176 g/mol. The number of hydrogen-bond donors (Lipinski definition) is 1. The summed E-state index contributed by atoms with van der Waals surface area (Å²) in [5, 5.41) is 0. The lowest BCUT2D eigenvalue weighted by atomic mass is 9.99. The van der Waals surface area contributed by atoms with Crippen LogP contribution in [0.25, 0.3) is 0 Å². The first-order valence-electron chi connectivity index (χ1n) is 5.72. The van der Waals surface area contributed by atoms with Gasteiger partial charge >= 0.3 is 0 Å². The molecule has 0 aromatic rings. The molecule has 1 heterocycles. The molecule has 0 radical (unpaired) electrons. The second-order valence-electron chi connectivity index (χ2n) is 4.46. The fourth-order valence-electron chi connectivity index (χ4n) is 1.93. The monoisotopic (exact) mass is 200 g/mol. The Morgan fingerprint density at radius 3 is 2.86 bits per heavy atom. The summed E-state index contributed by atoms with van der Waals surface area (Å²) in [6.07, 6.45) is 1.23. The van der Waals surface area contributed by atoms with E-state index in [1.165, 1.54) is 6.42 Å². The summed E-state index contributed by atoms with van der Waals surface area (Å²) < 4.78 is 5.43. The fraction of sp³-hybridized carbons (Fsp3) is 1.00. The van der Waals surface area contributed by atoms with Crippen molar-refractivity contribution in [1.29, 1.82) is 0 Å². The van der Waals surface area contributed by atoms with Crippen LogP contribution in [-0.4, -0.2) is 43.3 Å². The highest BCUT2D eigenvalue weighted by atomic mass is 16.5. The molecule has 0 saturated carbocycles. The van der Waals surface area contributed by atoms with Gasteiger partial charge in [-0.05, 0) is 12.8 Å². The largest absolute Gasteiger partial charge is 0.378 e. The maximum Gasteiger partial charge on any atom is 0.0630 e. The second kappa shape index (κ2) is 5.69. The molecule has 3 heteroatoms. The zero-order valence-corrected chi connectivity index (χ0v) is 9.70. The summed E-state index contributed by atoms with van der Waals surface area (Å²) in [4.78, 5) is 2.46. The van der Waals surface area contributed by atoms with E-state index in [4.69, 9.17) is 10.5 Å². The van der Waals surface area contributed by atoms with Gasteiger partial charge in [0.05, 0.1) is 13.2 Å². The molecule has 1 saturated heterocycles. The Morgan fingerprint density at radius 2 is 2.21 bits per heavy atom. The predicted molar refractivity (Wildman–Crippen MR) is 59.3 cm³/mol. The Hall–Kier alpha value is -0.120. The quantitative estimate of drug-likeness (QED) is 0.741. The van der Waals surface area contributed by atoms with E-state index in [1.807, 2.05) is 0 Å². The number of rotatable bonds is 3. The van der Waals surface area contributed by atoms with Gasteiger partial charge in [0.1, 0.15) is 0 Å². The predicted octanol–water partition coefficient (Wildman–Crippen LogP) is 1.08. The molecule has 84 valence electrons. The van der Waals surface area contributed by atoms with Gasteiger partial charge in [-0.3, -0.25) is 4.90 Å². The molecule has 0 bridgehead atoms. The number of nitrogens with zero attached hydrogens (tertiary/aromatic N) is 1. The van der Waals surface area contributed by atoms with Crippen LogP contribution in [-0.2, 0) is 4.74 Å². The van der Waals surface area contributed by atoms with Crippen molar-refractivity contribution in [3.8, 4) is 0 Å². The number of ether oxygens (including phenoxy) is 1. The lowest BCUT2D eigenvalue weighted by Crippen LogP contribution is -2.44. The molecule has 14 heavy (non-hydrogen) atoms. The topological polar surface area (TPSA) is 38.5 Å². The molecule has 1 fully saturated rings. The molecule has 3 unspecified atom stereocenters. The Kier molecular flexibility index (Phi) is 4.85. The summed E-state index contributed by atoms with van der Waals surface area (Å²) in [6.45, 7) is 10.4. The van der Waals surface area contributed by atoms with Crippen LogP contribution < -0.4 is 5.73 Å². The van der Waals surface area contributed by atoms with Gasteiger partial charge in [-0.1, -0.05) is 20.3 Å². The standard InChI is InChI=1S/C11H24N2O/c1-4-9(2)10(3)13-5-6-14-8-11(12)7-13/h9-11H,4-8,12H2,1-3H3. The molecular formula is C11H24N2O. The van der Waals surface area contributed by atoms with Crippen molar-refractivity contribution in [2.24, 2.45) is 11.7 Å². The lowest BCUT2D eigenvalue weighted by molar-refractivity contribution is 0.121. The van der Waals surface area contributed by atoms with Gasteiger partial charge in [-0.15, -0.1) is 0 Å². The van der Waals surface area contributed by atoms with Crippen molar-refractivity contribution in [3.63, 3.8) is 0 Å². The van der Waals surface area contributed by atoms with Gasteiger partial charge in [0.15, 0.2) is 0 Å². The van der Waals surface area contributed by atoms with Crippen LogP contribution in [0.5, 0.6) is 0 Å². The van der Waals surface area contributed by atoms with Gasteiger partial charge < -0.3 is 10.5 Å². The minimum atomic E-state index is 0.184. The van der Waals surface area contributed by atoms with E-state index in [-0.39, 0.29) is 6.04 Å². The summed E-state index contributed by atoms with van der Waals surface area (Å²) >= 11 is 0. The maximum atomic E-state index is 5.94. The Morgan fingerprint density at radius 1 is 1.50 bits per heavy atom. The molecule has 1 aliphatic heterocycles. The summed E-state index contributed by atoms with van der Waals surface area (Å²) in [5.41, 5.74) is 5.94. The van der Waals surface area contributed by atoms with Crippen LogP contribution >= 0.6 is 0 Å². The molecule has 3 nitrogen and oxygen atoms in total. The SMILES string of the molecule is CCC(C)C(C)N1CCOCC(N)C1. The normalized spacial score (nSPS) is 29.6. The zero-order chi connectivity index (χ0) is 10.6. The van der Waals surface area contributed by atoms with E-state index in [0.717, 1.165) is 25.6 Å². The number of nitrogens with two attached hydrogens (primary N) is 1. The summed E-state index contributed by atoms with van der Waals surface area (Å²) in [6, 6.07) is 0.803. The van der Waals surface area contributed by atoms with Gasteiger partial charge in [0.2, 0.25) is 0 Å². The first-order chi connectivity index (χ1) is 6.65. The Bertz CT molecular complexity index is 163. The smallest absolute Gasteiger partial charge is 0.0630 e. The van der Waals surface area contributed by atoms with Crippen LogP contribution in [0, 0.1) is 5.92 Å². The minimum absolute atomic E-state index is 0.184. The van der Waals surface area contributed by atoms with Crippen LogP contribution in [0.3, 0.4) is 0 Å². The summed E-state index contributed by atoms with van der Waals surface area (Å²) in [5.74, 6) is 0.736. The van der Waals surface area contributed by atoms with Gasteiger partial charge in [0.25, 0.3) is 0 Å².